The van der Waals surface area contributed by atoms with E-state index in [-0.39, 0.29) is 18.9 Å². The summed E-state index contributed by atoms with van der Waals surface area (Å²) in [6, 6.07) is 0. The van der Waals surface area contributed by atoms with Crippen LogP contribution in [-0.2, 0) is 47.4 Å². The van der Waals surface area contributed by atoms with Crippen LogP contribution >= 0.6 is 0 Å². The lowest BCUT2D eigenvalue weighted by Gasteiger charge is -2.19. The molecule has 0 fully saturated rings. The van der Waals surface area contributed by atoms with Crippen LogP contribution in [0.5, 0.6) is 0 Å². The zero-order valence-electron chi connectivity index (χ0n) is 24.1. The molecule has 0 aromatic heterocycles. The first-order valence-electron chi connectivity index (χ1n) is 13.3. The molecule has 0 spiro atoms. The van der Waals surface area contributed by atoms with Crippen LogP contribution in [0.15, 0.2) is 5.11 Å². The number of nitrogens with one attached hydrogen (secondary N) is 2. The van der Waals surface area contributed by atoms with Crippen molar-refractivity contribution in [1.82, 2.24) is 10.9 Å². The molecule has 16 nitrogen and oxygen atoms in total. The third kappa shape index (κ3) is 31.9. The van der Waals surface area contributed by atoms with E-state index in [0.29, 0.717) is 106 Å². The fourth-order valence-corrected chi connectivity index (χ4v) is 2.44. The topological polar surface area (TPSA) is 190 Å². The predicted molar refractivity (Wildman–Crippen MR) is 143 cm³/mol. The molecule has 0 aromatic carbocycles. The minimum Gasteiger partial charge on any atom is -0.443 e. The smallest absolute Gasteiger partial charge is 0.426 e. The number of amides is 2. The molecule has 0 saturated carbocycles. The van der Waals surface area contributed by atoms with E-state index in [2.05, 4.69) is 20.9 Å². The van der Waals surface area contributed by atoms with Gasteiger partial charge in [-0.25, -0.2) is 10.2 Å². The van der Waals surface area contributed by atoms with Crippen LogP contribution in [0.4, 0.5) is 4.79 Å². The van der Waals surface area contributed by atoms with E-state index >= 15 is 0 Å². The van der Waals surface area contributed by atoms with Gasteiger partial charge < -0.3 is 42.6 Å². The molecule has 40 heavy (non-hydrogen) atoms. The van der Waals surface area contributed by atoms with Crippen molar-refractivity contribution in [2.45, 2.75) is 32.8 Å². The van der Waals surface area contributed by atoms with Crippen molar-refractivity contribution in [3.05, 3.63) is 10.4 Å². The van der Waals surface area contributed by atoms with Crippen molar-refractivity contribution in [3.63, 3.8) is 0 Å². The molecule has 16 heteroatoms. The molecule has 0 radical (unpaired) electrons. The van der Waals surface area contributed by atoms with E-state index in [0.717, 1.165) is 0 Å². The monoisotopic (exact) mass is 581 g/mol. The van der Waals surface area contributed by atoms with Crippen LogP contribution in [0.25, 0.3) is 10.4 Å². The zero-order valence-corrected chi connectivity index (χ0v) is 24.1. The van der Waals surface area contributed by atoms with E-state index in [9.17, 15) is 9.59 Å². The van der Waals surface area contributed by atoms with Crippen molar-refractivity contribution < 1.29 is 52.2 Å². The van der Waals surface area contributed by atoms with Gasteiger partial charge in [-0.15, -0.1) is 0 Å². The highest BCUT2D eigenvalue weighted by atomic mass is 16.6. The van der Waals surface area contributed by atoms with Gasteiger partial charge in [0, 0.05) is 11.5 Å². The molecule has 234 valence electrons. The van der Waals surface area contributed by atoms with Gasteiger partial charge in [-0.05, 0) is 26.3 Å². The molecule has 0 heterocycles. The fourth-order valence-electron chi connectivity index (χ4n) is 2.44. The third-order valence-electron chi connectivity index (χ3n) is 4.18. The predicted octanol–water partition coefficient (Wildman–Crippen LogP) is 1.38. The van der Waals surface area contributed by atoms with Gasteiger partial charge in [-0.2, -0.15) is 0 Å². The van der Waals surface area contributed by atoms with Gasteiger partial charge in [0.25, 0.3) is 0 Å². The van der Waals surface area contributed by atoms with E-state index in [1.807, 2.05) is 0 Å². The van der Waals surface area contributed by atoms with Crippen LogP contribution in [0.2, 0.25) is 0 Å². The lowest BCUT2D eigenvalue weighted by atomic mass is 10.2. The maximum Gasteiger partial charge on any atom is 0.426 e. The summed E-state index contributed by atoms with van der Waals surface area (Å²) >= 11 is 0. The Morgan fingerprint density at radius 1 is 0.600 bits per heavy atom. The lowest BCUT2D eigenvalue weighted by Crippen LogP contribution is -2.44. The first kappa shape index (κ1) is 37.7. The SMILES string of the molecule is CC(C)(C)OC(=O)NNC(=O)CCOCCOCCOCCOCCOCCOCCOCCOCCN=[N+]=[N-]. The Kier molecular flexibility index (Phi) is 26.7. The van der Waals surface area contributed by atoms with E-state index in [1.165, 1.54) is 0 Å². The van der Waals surface area contributed by atoms with Gasteiger partial charge in [0.2, 0.25) is 5.91 Å². The Labute approximate surface area is 236 Å². The molecule has 0 aliphatic rings. The summed E-state index contributed by atoms with van der Waals surface area (Å²) in [6.45, 7) is 12.3. The maximum atomic E-state index is 11.6. The largest absolute Gasteiger partial charge is 0.443 e. The van der Waals surface area contributed by atoms with Crippen molar-refractivity contribution >= 4 is 12.0 Å². The molecule has 0 aliphatic heterocycles. The third-order valence-corrected chi connectivity index (χ3v) is 4.18. The number of hydrazine groups is 1. The molecule has 0 rings (SSSR count). The van der Waals surface area contributed by atoms with E-state index < -0.39 is 11.7 Å². The second kappa shape index (κ2) is 28.3. The van der Waals surface area contributed by atoms with Crippen LogP contribution in [0.1, 0.15) is 27.2 Å². The number of azide groups is 1. The Balaban J connectivity index is 3.19. The summed E-state index contributed by atoms with van der Waals surface area (Å²) in [4.78, 5) is 25.7. The number of hydrogen-bond acceptors (Lipinski definition) is 12. The second-order valence-electron chi connectivity index (χ2n) is 8.78. The minimum absolute atomic E-state index is 0.0915. The highest BCUT2D eigenvalue weighted by Crippen LogP contribution is 2.05. The molecule has 0 bridgehead atoms. The van der Waals surface area contributed by atoms with Gasteiger partial charge in [0.1, 0.15) is 5.60 Å². The molecule has 0 unspecified atom stereocenters. The average Bonchev–Trinajstić information content (AvgIpc) is 2.90. The summed E-state index contributed by atoms with van der Waals surface area (Å²) in [7, 11) is 0. The van der Waals surface area contributed by atoms with Gasteiger partial charge in [0.05, 0.1) is 112 Å². The van der Waals surface area contributed by atoms with E-state index in [4.69, 9.17) is 48.2 Å². The molecule has 0 atom stereocenters. The van der Waals surface area contributed by atoms with Gasteiger partial charge in [-0.3, -0.25) is 10.2 Å². The van der Waals surface area contributed by atoms with Crippen molar-refractivity contribution in [2.75, 3.05) is 112 Å². The molecule has 2 amide bonds. The second-order valence-corrected chi connectivity index (χ2v) is 8.78. The van der Waals surface area contributed by atoms with Crippen LogP contribution in [0.3, 0.4) is 0 Å². The zero-order chi connectivity index (χ0) is 29.6. The van der Waals surface area contributed by atoms with Crippen molar-refractivity contribution in [2.24, 2.45) is 5.11 Å². The first-order valence-corrected chi connectivity index (χ1v) is 13.3. The normalized spacial score (nSPS) is 11.2. The van der Waals surface area contributed by atoms with Crippen molar-refractivity contribution in [3.8, 4) is 0 Å². The molecular formula is C24H47N5O11. The first-order chi connectivity index (χ1) is 19.3. The Morgan fingerprint density at radius 3 is 1.30 bits per heavy atom. The number of rotatable bonds is 27. The summed E-state index contributed by atoms with van der Waals surface area (Å²) in [5.41, 5.74) is 11.9. The highest BCUT2D eigenvalue weighted by Gasteiger charge is 2.16. The molecule has 0 aliphatic carbocycles. The highest BCUT2D eigenvalue weighted by molar-refractivity contribution is 5.79. The Hall–Kier alpha value is -2.27. The molecule has 0 saturated heterocycles. The molecular weight excluding hydrogens is 534 g/mol. The number of carbonyl (C=O) groups excluding carboxylic acids is 2. The average molecular weight is 582 g/mol. The van der Waals surface area contributed by atoms with Crippen LogP contribution < -0.4 is 10.9 Å². The number of hydrogen-bond donors (Lipinski definition) is 2. The number of ether oxygens (including phenoxy) is 9. The Morgan fingerprint density at radius 2 is 0.950 bits per heavy atom. The summed E-state index contributed by atoms with van der Waals surface area (Å²) < 4.78 is 47.9. The summed E-state index contributed by atoms with van der Waals surface area (Å²) in [6.07, 6.45) is -0.635. The summed E-state index contributed by atoms with van der Waals surface area (Å²) in [5, 5.41) is 3.36. The Bertz CT molecular complexity index is 662. The number of nitrogens with zero attached hydrogens (tertiary/aromatic N) is 3. The molecule has 0 aromatic rings. The van der Waals surface area contributed by atoms with Crippen LogP contribution in [-0.4, -0.2) is 130 Å². The van der Waals surface area contributed by atoms with E-state index in [1.54, 1.807) is 20.8 Å². The van der Waals surface area contributed by atoms with Gasteiger partial charge in [0.15, 0.2) is 0 Å². The maximum absolute atomic E-state index is 11.6. The number of carbonyl (C=O) groups is 2. The van der Waals surface area contributed by atoms with Gasteiger partial charge in [-0.1, -0.05) is 5.11 Å². The minimum atomic E-state index is -0.727. The quantitative estimate of drug-likeness (QED) is 0.0468. The van der Waals surface area contributed by atoms with Gasteiger partial charge >= 0.3 is 6.09 Å². The van der Waals surface area contributed by atoms with Crippen molar-refractivity contribution in [1.29, 1.82) is 0 Å². The summed E-state index contributed by atoms with van der Waals surface area (Å²) in [5.74, 6) is -0.388. The molecule has 2 N–H and O–H groups in total. The lowest BCUT2D eigenvalue weighted by molar-refractivity contribution is -0.123. The standard InChI is InChI=1S/C24H47N5O11/c1-24(2,3)40-23(31)28-27-22(30)4-6-32-8-10-34-12-14-36-16-18-38-20-21-39-19-17-37-15-13-35-11-9-33-7-5-26-29-25/h4-21H2,1-3H3,(H,27,30)(H,28,31). The van der Waals surface area contributed by atoms with Crippen LogP contribution in [0, 0.1) is 0 Å². The fraction of sp³-hybridized carbons (Fsp3) is 0.917.